The number of carboxylic acids is 1. The Balaban J connectivity index is 1.76. The number of pyridine rings is 2. The van der Waals surface area contributed by atoms with Gasteiger partial charge in [-0.15, -0.1) is 0 Å². The van der Waals surface area contributed by atoms with E-state index in [-0.39, 0.29) is 5.56 Å². The number of carboxylic acid groups (broad SMARTS) is 1. The minimum Gasteiger partial charge on any atom is -0.477 e. The van der Waals surface area contributed by atoms with Crippen molar-refractivity contribution < 1.29 is 9.90 Å². The summed E-state index contributed by atoms with van der Waals surface area (Å²) in [6.07, 6.45) is 4.20. The molecule has 0 radical (unpaired) electrons. The molecule has 2 aromatic carbocycles. The van der Waals surface area contributed by atoms with Crippen molar-refractivity contribution in [2.45, 2.75) is 19.4 Å². The van der Waals surface area contributed by atoms with Gasteiger partial charge in [0.25, 0.3) is 0 Å². The zero-order valence-electron chi connectivity index (χ0n) is 16.4. The topological polar surface area (TPSA) is 72.2 Å². The maximum absolute atomic E-state index is 12.9. The van der Waals surface area contributed by atoms with Crippen molar-refractivity contribution in [1.29, 1.82) is 0 Å². The van der Waals surface area contributed by atoms with E-state index in [1.54, 1.807) is 22.9 Å². The highest BCUT2D eigenvalue weighted by atomic mass is 35.5. The van der Waals surface area contributed by atoms with E-state index in [9.17, 15) is 14.7 Å². The van der Waals surface area contributed by atoms with Crippen molar-refractivity contribution in [3.05, 3.63) is 110 Å². The molecule has 0 saturated heterocycles. The Labute approximate surface area is 188 Å². The van der Waals surface area contributed by atoms with Gasteiger partial charge in [0, 0.05) is 36.4 Å². The van der Waals surface area contributed by atoms with Crippen LogP contribution in [0.2, 0.25) is 10.0 Å². The van der Waals surface area contributed by atoms with E-state index in [2.05, 4.69) is 4.98 Å². The number of benzene rings is 2. The van der Waals surface area contributed by atoms with Crippen LogP contribution in [0.1, 0.15) is 27.2 Å². The number of aryl methyl sites for hydroxylation is 2. The summed E-state index contributed by atoms with van der Waals surface area (Å²) >= 11 is 12.4. The average molecular weight is 453 g/mol. The van der Waals surface area contributed by atoms with Gasteiger partial charge >= 0.3 is 5.97 Å². The molecule has 0 aliphatic carbocycles. The van der Waals surface area contributed by atoms with Crippen LogP contribution >= 0.6 is 23.2 Å². The third kappa shape index (κ3) is 4.48. The SMILES string of the molecule is O=C(O)c1cn(CCc2ccccn2)c2ccc(Cc3cccc(Cl)c3Cl)cc2c1=O. The number of carbonyl (C=O) groups is 1. The number of aromatic nitrogens is 2. The first-order valence-electron chi connectivity index (χ1n) is 9.66. The molecule has 4 aromatic rings. The van der Waals surface area contributed by atoms with Crippen LogP contribution < -0.4 is 5.43 Å². The van der Waals surface area contributed by atoms with Gasteiger partial charge in [-0.3, -0.25) is 9.78 Å². The first-order chi connectivity index (χ1) is 14.9. The van der Waals surface area contributed by atoms with Crippen molar-refractivity contribution in [3.63, 3.8) is 0 Å². The Hall–Kier alpha value is -3.15. The number of aromatic carboxylic acids is 1. The Kier molecular flexibility index (Phi) is 6.07. The van der Waals surface area contributed by atoms with Crippen molar-refractivity contribution >= 4 is 40.1 Å². The van der Waals surface area contributed by atoms with Gasteiger partial charge in [-0.25, -0.2) is 4.79 Å². The Morgan fingerprint density at radius 1 is 1.06 bits per heavy atom. The van der Waals surface area contributed by atoms with E-state index in [1.165, 1.54) is 6.20 Å². The maximum atomic E-state index is 12.9. The van der Waals surface area contributed by atoms with Gasteiger partial charge in [0.15, 0.2) is 0 Å². The van der Waals surface area contributed by atoms with E-state index < -0.39 is 11.4 Å². The maximum Gasteiger partial charge on any atom is 0.341 e. The molecule has 1 N–H and O–H groups in total. The molecule has 2 heterocycles. The smallest absolute Gasteiger partial charge is 0.341 e. The van der Waals surface area contributed by atoms with Crippen LogP contribution in [-0.4, -0.2) is 20.6 Å². The summed E-state index contributed by atoms with van der Waals surface area (Å²) in [4.78, 5) is 28.9. The first kappa shape index (κ1) is 21.1. The van der Waals surface area contributed by atoms with Crippen molar-refractivity contribution in [3.8, 4) is 0 Å². The fourth-order valence-electron chi connectivity index (χ4n) is 3.58. The van der Waals surface area contributed by atoms with E-state index in [1.807, 2.05) is 42.5 Å². The minimum atomic E-state index is -1.25. The normalized spacial score (nSPS) is 11.0. The van der Waals surface area contributed by atoms with Crippen LogP contribution in [0.5, 0.6) is 0 Å². The highest BCUT2D eigenvalue weighted by Crippen LogP contribution is 2.28. The van der Waals surface area contributed by atoms with Crippen LogP contribution in [-0.2, 0) is 19.4 Å². The number of hydrogen-bond acceptors (Lipinski definition) is 3. The number of fused-ring (bicyclic) bond motifs is 1. The lowest BCUT2D eigenvalue weighted by Crippen LogP contribution is -2.19. The lowest BCUT2D eigenvalue weighted by Gasteiger charge is -2.14. The van der Waals surface area contributed by atoms with E-state index in [0.29, 0.717) is 40.3 Å². The van der Waals surface area contributed by atoms with Crippen molar-refractivity contribution in [1.82, 2.24) is 9.55 Å². The predicted octanol–water partition coefficient (Wildman–Crippen LogP) is 5.24. The highest BCUT2D eigenvalue weighted by Gasteiger charge is 2.16. The second-order valence-corrected chi connectivity index (χ2v) is 7.97. The van der Waals surface area contributed by atoms with Crippen molar-refractivity contribution in [2.75, 3.05) is 0 Å². The standard InChI is InChI=1S/C24H18Cl2N2O3/c25-20-6-3-4-16(22(20)26)12-15-7-8-21-18(13-15)23(29)19(24(30)31)14-28(21)11-9-17-5-1-2-10-27-17/h1-8,10,13-14H,9,11-12H2,(H,30,31). The Morgan fingerprint density at radius 3 is 2.65 bits per heavy atom. The van der Waals surface area contributed by atoms with E-state index >= 15 is 0 Å². The van der Waals surface area contributed by atoms with Gasteiger partial charge < -0.3 is 9.67 Å². The lowest BCUT2D eigenvalue weighted by atomic mass is 10.0. The van der Waals surface area contributed by atoms with Crippen LogP contribution in [0.25, 0.3) is 10.9 Å². The van der Waals surface area contributed by atoms with Gasteiger partial charge in [0.05, 0.1) is 15.6 Å². The van der Waals surface area contributed by atoms with Gasteiger partial charge in [0.2, 0.25) is 5.43 Å². The molecule has 156 valence electrons. The molecule has 7 heteroatoms. The molecule has 31 heavy (non-hydrogen) atoms. The molecule has 0 bridgehead atoms. The summed E-state index contributed by atoms with van der Waals surface area (Å²) in [5, 5.41) is 10.8. The second-order valence-electron chi connectivity index (χ2n) is 7.18. The zero-order chi connectivity index (χ0) is 22.0. The van der Waals surface area contributed by atoms with Crippen molar-refractivity contribution in [2.24, 2.45) is 0 Å². The molecule has 0 atom stereocenters. The van der Waals surface area contributed by atoms with Crippen LogP contribution in [0.4, 0.5) is 0 Å². The molecule has 4 rings (SSSR count). The molecule has 0 unspecified atom stereocenters. The highest BCUT2D eigenvalue weighted by molar-refractivity contribution is 6.42. The number of hydrogen-bond donors (Lipinski definition) is 1. The summed E-state index contributed by atoms with van der Waals surface area (Å²) in [5.74, 6) is -1.25. The molecule has 0 aliphatic rings. The first-order valence-corrected chi connectivity index (χ1v) is 10.4. The molecule has 0 amide bonds. The monoisotopic (exact) mass is 452 g/mol. The number of nitrogens with zero attached hydrogens (tertiary/aromatic N) is 2. The Morgan fingerprint density at radius 2 is 1.90 bits per heavy atom. The molecular weight excluding hydrogens is 435 g/mol. The second kappa shape index (κ2) is 8.92. The van der Waals surface area contributed by atoms with Gasteiger partial charge in [-0.1, -0.05) is 47.5 Å². The summed E-state index contributed by atoms with van der Waals surface area (Å²) in [6, 6.07) is 16.6. The van der Waals surface area contributed by atoms with E-state index in [0.717, 1.165) is 16.8 Å². The fourth-order valence-corrected chi connectivity index (χ4v) is 3.96. The Bertz CT molecular complexity index is 1330. The van der Waals surface area contributed by atoms with E-state index in [4.69, 9.17) is 23.2 Å². The average Bonchev–Trinajstić information content (AvgIpc) is 2.77. The summed E-state index contributed by atoms with van der Waals surface area (Å²) in [5.41, 5.74) is 2.47. The third-order valence-electron chi connectivity index (χ3n) is 5.14. The van der Waals surface area contributed by atoms with Gasteiger partial charge in [-0.05, 0) is 47.9 Å². The number of halogens is 2. The molecule has 0 fully saturated rings. The lowest BCUT2D eigenvalue weighted by molar-refractivity contribution is 0.0695. The molecular formula is C24H18Cl2N2O3. The van der Waals surface area contributed by atoms with Crippen LogP contribution in [0.3, 0.4) is 0 Å². The third-order valence-corrected chi connectivity index (χ3v) is 5.99. The molecule has 0 saturated carbocycles. The molecule has 0 aliphatic heterocycles. The minimum absolute atomic E-state index is 0.258. The number of rotatable bonds is 6. The largest absolute Gasteiger partial charge is 0.477 e. The van der Waals surface area contributed by atoms with Crippen LogP contribution in [0, 0.1) is 0 Å². The molecule has 2 aromatic heterocycles. The quantitative estimate of drug-likeness (QED) is 0.434. The predicted molar refractivity (Wildman–Crippen MR) is 122 cm³/mol. The molecule has 5 nitrogen and oxygen atoms in total. The van der Waals surface area contributed by atoms with Gasteiger partial charge in [0.1, 0.15) is 5.56 Å². The van der Waals surface area contributed by atoms with Crippen LogP contribution in [0.15, 0.2) is 71.8 Å². The summed E-state index contributed by atoms with van der Waals surface area (Å²) < 4.78 is 1.80. The summed E-state index contributed by atoms with van der Waals surface area (Å²) in [6.45, 7) is 0.494. The fraction of sp³-hybridized carbons (Fsp3) is 0.125. The molecule has 0 spiro atoms. The van der Waals surface area contributed by atoms with Gasteiger partial charge in [-0.2, -0.15) is 0 Å². The zero-order valence-corrected chi connectivity index (χ0v) is 17.9. The summed E-state index contributed by atoms with van der Waals surface area (Å²) in [7, 11) is 0.